The van der Waals surface area contributed by atoms with Gasteiger partial charge in [-0.05, 0) is 13.8 Å². The molecule has 0 aromatic heterocycles. The van der Waals surface area contributed by atoms with Crippen molar-refractivity contribution in [1.29, 1.82) is 0 Å². The summed E-state index contributed by atoms with van der Waals surface area (Å²) in [5, 5.41) is 0. The van der Waals surface area contributed by atoms with Crippen LogP contribution in [0, 0.1) is 0 Å². The van der Waals surface area contributed by atoms with Crippen LogP contribution in [0.2, 0.25) is 0 Å². The van der Waals surface area contributed by atoms with Crippen LogP contribution in [0.15, 0.2) is 36.6 Å². The largest absolute Gasteiger partial charge is 0.432 e. The van der Waals surface area contributed by atoms with Crippen molar-refractivity contribution < 1.29 is 9.53 Å². The maximum atomic E-state index is 11.0. The Labute approximate surface area is 66.9 Å². The van der Waals surface area contributed by atoms with Gasteiger partial charge in [0.1, 0.15) is 0 Å². The third-order valence-electron chi connectivity index (χ3n) is 1.15. The van der Waals surface area contributed by atoms with E-state index in [-0.39, 0.29) is 0 Å². The minimum absolute atomic E-state index is 0.407. The second-order valence-corrected chi connectivity index (χ2v) is 2.19. The molecule has 0 unspecified atom stereocenters. The number of hydrogen-bond donors (Lipinski definition) is 0. The number of ether oxygens (including phenoxy) is 1. The number of esters is 1. The summed E-state index contributed by atoms with van der Waals surface area (Å²) >= 11 is 0. The van der Waals surface area contributed by atoms with Gasteiger partial charge in [0.15, 0.2) is 0 Å². The smallest absolute Gasteiger partial charge is 0.342 e. The van der Waals surface area contributed by atoms with E-state index in [9.17, 15) is 4.79 Å². The summed E-state index contributed by atoms with van der Waals surface area (Å²) in [6.45, 7) is 10.4. The predicted molar refractivity (Wildman–Crippen MR) is 44.9 cm³/mol. The Morgan fingerprint density at radius 1 is 1.36 bits per heavy atom. The molecule has 60 valence electrons. The molecule has 0 aliphatic carbocycles. The molecule has 2 nitrogen and oxygen atoms in total. The molecule has 0 spiro atoms. The average molecular weight is 152 g/mol. The fourth-order valence-corrected chi connectivity index (χ4v) is 0.631. The van der Waals surface area contributed by atoms with Gasteiger partial charge in [0, 0.05) is 0 Å². The summed E-state index contributed by atoms with van der Waals surface area (Å²) in [6.07, 6.45) is 2.58. The van der Waals surface area contributed by atoms with Gasteiger partial charge in [-0.25, -0.2) is 4.79 Å². The van der Waals surface area contributed by atoms with Crippen LogP contribution in [0.25, 0.3) is 0 Å². The molecule has 2 heteroatoms. The number of carbonyl (C=O) groups is 1. The summed E-state index contributed by atoms with van der Waals surface area (Å²) in [6, 6.07) is 0. The molecule has 0 radical (unpaired) electrons. The van der Waals surface area contributed by atoms with Crippen LogP contribution in [0.3, 0.4) is 0 Å². The monoisotopic (exact) mass is 152 g/mol. The highest BCUT2D eigenvalue weighted by Gasteiger charge is 2.06. The maximum Gasteiger partial charge on any atom is 0.342 e. The fraction of sp³-hybridized carbons (Fsp3) is 0.222. The van der Waals surface area contributed by atoms with Gasteiger partial charge < -0.3 is 4.74 Å². The lowest BCUT2D eigenvalue weighted by Crippen LogP contribution is -2.02. The lowest BCUT2D eigenvalue weighted by atomic mass is 10.1. The van der Waals surface area contributed by atoms with E-state index in [1.807, 2.05) is 13.8 Å². The number of carbonyl (C=O) groups excluding carboxylic acids is 1. The van der Waals surface area contributed by atoms with Crippen molar-refractivity contribution in [2.24, 2.45) is 0 Å². The van der Waals surface area contributed by atoms with E-state index in [0.717, 1.165) is 11.8 Å². The van der Waals surface area contributed by atoms with Crippen molar-refractivity contribution in [3.63, 3.8) is 0 Å². The van der Waals surface area contributed by atoms with Crippen LogP contribution in [-0.2, 0) is 9.53 Å². The molecule has 0 saturated carbocycles. The van der Waals surface area contributed by atoms with Crippen molar-refractivity contribution in [2.45, 2.75) is 13.8 Å². The minimum atomic E-state index is -0.407. The van der Waals surface area contributed by atoms with Gasteiger partial charge in [0.25, 0.3) is 0 Å². The lowest BCUT2D eigenvalue weighted by molar-refractivity contribution is -0.133. The molecule has 11 heavy (non-hydrogen) atoms. The van der Waals surface area contributed by atoms with E-state index in [0.29, 0.717) is 5.57 Å². The van der Waals surface area contributed by atoms with Gasteiger partial charge in [-0.1, -0.05) is 24.8 Å². The molecule has 0 fully saturated rings. The first-order chi connectivity index (χ1) is 5.13. The highest BCUT2D eigenvalue weighted by atomic mass is 16.5. The van der Waals surface area contributed by atoms with E-state index in [2.05, 4.69) is 17.9 Å². The first-order valence-electron chi connectivity index (χ1n) is 3.25. The summed E-state index contributed by atoms with van der Waals surface area (Å²) in [5.74, 6) is -0.407. The highest BCUT2D eigenvalue weighted by molar-refractivity contribution is 5.92. The lowest BCUT2D eigenvalue weighted by Gasteiger charge is -2.00. The standard InChI is InChI=1S/C9H12O2/c1-5-8(7(3)4)9(10)11-6-2/h5-6H,1-2H2,3-4H3. The summed E-state index contributed by atoms with van der Waals surface area (Å²) in [7, 11) is 0. The third kappa shape index (κ3) is 2.85. The van der Waals surface area contributed by atoms with Crippen LogP contribution in [-0.4, -0.2) is 5.97 Å². The van der Waals surface area contributed by atoms with Crippen LogP contribution in [0.5, 0.6) is 0 Å². The Bertz CT molecular complexity index is 208. The van der Waals surface area contributed by atoms with Crippen LogP contribution >= 0.6 is 0 Å². The van der Waals surface area contributed by atoms with Crippen LogP contribution < -0.4 is 0 Å². The van der Waals surface area contributed by atoms with Gasteiger partial charge in [-0.2, -0.15) is 0 Å². The molecule has 0 aliphatic rings. The van der Waals surface area contributed by atoms with Crippen LogP contribution in [0.4, 0.5) is 0 Å². The fourth-order valence-electron chi connectivity index (χ4n) is 0.631. The minimum Gasteiger partial charge on any atom is -0.432 e. The molecular formula is C9H12O2. The van der Waals surface area contributed by atoms with E-state index >= 15 is 0 Å². The van der Waals surface area contributed by atoms with Crippen molar-refractivity contribution in [3.05, 3.63) is 36.6 Å². The molecule has 0 atom stereocenters. The molecule has 0 heterocycles. The van der Waals surface area contributed by atoms with E-state index in [4.69, 9.17) is 0 Å². The highest BCUT2D eigenvalue weighted by Crippen LogP contribution is 2.06. The molecule has 0 aromatic rings. The number of rotatable bonds is 3. The molecule has 0 rings (SSSR count). The molecule has 0 saturated heterocycles. The summed E-state index contributed by atoms with van der Waals surface area (Å²) < 4.78 is 4.55. The van der Waals surface area contributed by atoms with Crippen molar-refractivity contribution in [3.8, 4) is 0 Å². The average Bonchev–Trinajstić information content (AvgIpc) is 1.88. The SMILES string of the molecule is C=COC(=O)C(C=C)=C(C)C. The molecule has 0 bridgehead atoms. The van der Waals surface area contributed by atoms with Gasteiger partial charge in [0.05, 0.1) is 11.8 Å². The first-order valence-corrected chi connectivity index (χ1v) is 3.25. The van der Waals surface area contributed by atoms with Gasteiger partial charge in [0.2, 0.25) is 0 Å². The van der Waals surface area contributed by atoms with Gasteiger partial charge >= 0.3 is 5.97 Å². The van der Waals surface area contributed by atoms with Gasteiger partial charge in [-0.3, -0.25) is 0 Å². The van der Waals surface area contributed by atoms with E-state index < -0.39 is 5.97 Å². The van der Waals surface area contributed by atoms with Crippen molar-refractivity contribution in [2.75, 3.05) is 0 Å². The second-order valence-electron chi connectivity index (χ2n) is 2.19. The molecule has 0 N–H and O–H groups in total. The zero-order valence-corrected chi connectivity index (χ0v) is 6.89. The topological polar surface area (TPSA) is 26.3 Å². The maximum absolute atomic E-state index is 11.0. The Balaban J connectivity index is 4.53. The number of hydrogen-bond acceptors (Lipinski definition) is 2. The zero-order chi connectivity index (χ0) is 8.85. The normalized spacial score (nSPS) is 8.18. The second kappa shape index (κ2) is 4.50. The molecule has 0 aromatic carbocycles. The van der Waals surface area contributed by atoms with E-state index in [1.165, 1.54) is 6.08 Å². The Morgan fingerprint density at radius 2 is 1.91 bits per heavy atom. The van der Waals surface area contributed by atoms with Gasteiger partial charge in [-0.15, -0.1) is 0 Å². The Hall–Kier alpha value is -1.31. The molecular weight excluding hydrogens is 140 g/mol. The van der Waals surface area contributed by atoms with Crippen molar-refractivity contribution in [1.82, 2.24) is 0 Å². The molecule has 0 amide bonds. The van der Waals surface area contributed by atoms with Crippen molar-refractivity contribution >= 4 is 5.97 Å². The quantitative estimate of drug-likeness (QED) is 0.268. The summed E-state index contributed by atoms with van der Waals surface area (Å²) in [4.78, 5) is 11.0. The van der Waals surface area contributed by atoms with E-state index in [1.54, 1.807) is 0 Å². The number of allylic oxidation sites excluding steroid dienone is 1. The summed E-state index contributed by atoms with van der Waals surface area (Å²) in [5.41, 5.74) is 1.37. The third-order valence-corrected chi connectivity index (χ3v) is 1.15. The first kappa shape index (κ1) is 9.69. The Kier molecular flexibility index (Phi) is 3.96. The van der Waals surface area contributed by atoms with Crippen LogP contribution in [0.1, 0.15) is 13.8 Å². The molecule has 0 aliphatic heterocycles. The zero-order valence-electron chi connectivity index (χ0n) is 6.89. The Morgan fingerprint density at radius 3 is 2.18 bits per heavy atom. The predicted octanol–water partition coefficient (Wildman–Crippen LogP) is 2.20.